The van der Waals surface area contributed by atoms with Gasteiger partial charge >= 0.3 is 6.18 Å². The first-order valence-corrected chi connectivity index (χ1v) is 6.40. The van der Waals surface area contributed by atoms with Crippen LogP contribution in [0.15, 0.2) is 30.3 Å². The molecule has 2 aromatic rings. The molecule has 2 N–H and O–H groups in total. The zero-order valence-electron chi connectivity index (χ0n) is 12.0. The number of benzene rings is 1. The molecule has 0 aliphatic heterocycles. The van der Waals surface area contributed by atoms with E-state index in [0.29, 0.717) is 22.9 Å². The largest absolute Gasteiger partial charge is 0.416 e. The highest BCUT2D eigenvalue weighted by Crippen LogP contribution is 2.31. The average Bonchev–Trinajstić information content (AvgIpc) is 2.36. The Labute approximate surface area is 121 Å². The Hall–Kier alpha value is -2.11. The Morgan fingerprint density at radius 1 is 0.952 bits per heavy atom. The van der Waals surface area contributed by atoms with Gasteiger partial charge in [0.15, 0.2) is 0 Å². The molecule has 0 saturated heterocycles. The summed E-state index contributed by atoms with van der Waals surface area (Å²) in [6, 6.07) is 6.39. The van der Waals surface area contributed by atoms with Crippen molar-refractivity contribution in [3.05, 3.63) is 41.7 Å². The summed E-state index contributed by atoms with van der Waals surface area (Å²) in [6.07, 6.45) is -4.35. The van der Waals surface area contributed by atoms with Crippen molar-refractivity contribution in [3.63, 3.8) is 0 Å². The normalized spacial score (nSPS) is 12.5. The van der Waals surface area contributed by atoms with Gasteiger partial charge in [-0.1, -0.05) is 32.9 Å². The second kappa shape index (κ2) is 5.02. The molecule has 0 radical (unpaired) electrons. The molecule has 0 aliphatic rings. The van der Waals surface area contributed by atoms with Gasteiger partial charge in [0.1, 0.15) is 11.6 Å². The minimum atomic E-state index is -4.35. The van der Waals surface area contributed by atoms with Crippen LogP contribution in [0, 0.1) is 0 Å². The van der Waals surface area contributed by atoms with E-state index >= 15 is 0 Å². The van der Waals surface area contributed by atoms with Gasteiger partial charge in [0, 0.05) is 17.0 Å². The second-order valence-electron chi connectivity index (χ2n) is 5.83. The number of nitrogen functional groups attached to an aromatic ring is 1. The van der Waals surface area contributed by atoms with Gasteiger partial charge in [-0.3, -0.25) is 0 Å². The molecule has 1 aromatic heterocycles. The number of alkyl halides is 3. The molecule has 0 amide bonds. The molecular formula is C15H16F3N3. The third-order valence-corrected chi connectivity index (χ3v) is 2.92. The van der Waals surface area contributed by atoms with E-state index < -0.39 is 11.7 Å². The Bertz CT molecular complexity index is 641. The third kappa shape index (κ3) is 3.51. The number of rotatable bonds is 1. The van der Waals surface area contributed by atoms with Crippen LogP contribution < -0.4 is 5.73 Å². The molecule has 0 saturated carbocycles. The van der Waals surface area contributed by atoms with E-state index in [1.54, 1.807) is 6.07 Å². The molecule has 0 bridgehead atoms. The fourth-order valence-electron chi connectivity index (χ4n) is 1.78. The summed E-state index contributed by atoms with van der Waals surface area (Å²) in [7, 11) is 0. The van der Waals surface area contributed by atoms with E-state index in [0.717, 1.165) is 12.1 Å². The molecule has 0 aliphatic carbocycles. The van der Waals surface area contributed by atoms with Crippen molar-refractivity contribution < 1.29 is 13.2 Å². The van der Waals surface area contributed by atoms with E-state index in [1.165, 1.54) is 12.1 Å². The van der Waals surface area contributed by atoms with E-state index in [2.05, 4.69) is 9.97 Å². The standard InChI is InChI=1S/C15H16F3N3/c1-14(2,3)13-20-11(8-12(19)21-13)9-4-6-10(7-5-9)15(16,17)18/h4-8H,1-3H3,(H2,19,20,21). The van der Waals surface area contributed by atoms with Crippen LogP contribution in [0.25, 0.3) is 11.3 Å². The number of nitrogens with two attached hydrogens (primary N) is 1. The first-order chi connectivity index (χ1) is 9.57. The van der Waals surface area contributed by atoms with Crippen molar-refractivity contribution >= 4 is 5.82 Å². The van der Waals surface area contributed by atoms with Crippen LogP contribution in [0.5, 0.6) is 0 Å². The molecule has 6 heteroatoms. The van der Waals surface area contributed by atoms with Crippen LogP contribution in [-0.2, 0) is 11.6 Å². The predicted molar refractivity (Wildman–Crippen MR) is 75.6 cm³/mol. The smallest absolute Gasteiger partial charge is 0.384 e. The number of hydrogen-bond acceptors (Lipinski definition) is 3. The van der Waals surface area contributed by atoms with E-state index in [4.69, 9.17) is 5.73 Å². The SMILES string of the molecule is CC(C)(C)c1nc(N)cc(-c2ccc(C(F)(F)F)cc2)n1. The lowest BCUT2D eigenvalue weighted by atomic mass is 9.95. The van der Waals surface area contributed by atoms with Gasteiger partial charge in [0.25, 0.3) is 0 Å². The monoisotopic (exact) mass is 295 g/mol. The van der Waals surface area contributed by atoms with Crippen molar-refractivity contribution in [2.75, 3.05) is 5.73 Å². The van der Waals surface area contributed by atoms with Crippen molar-refractivity contribution in [1.82, 2.24) is 9.97 Å². The maximum absolute atomic E-state index is 12.6. The van der Waals surface area contributed by atoms with Crippen LogP contribution in [0.2, 0.25) is 0 Å². The van der Waals surface area contributed by atoms with Crippen molar-refractivity contribution in [3.8, 4) is 11.3 Å². The molecule has 1 heterocycles. The molecule has 0 spiro atoms. The topological polar surface area (TPSA) is 51.8 Å². The number of anilines is 1. The lowest BCUT2D eigenvalue weighted by Gasteiger charge is -2.18. The number of aromatic nitrogens is 2. The number of hydrogen-bond donors (Lipinski definition) is 1. The first kappa shape index (κ1) is 15.3. The fourth-order valence-corrected chi connectivity index (χ4v) is 1.78. The van der Waals surface area contributed by atoms with Gasteiger partial charge in [-0.2, -0.15) is 13.2 Å². The molecular weight excluding hydrogens is 279 g/mol. The molecule has 2 rings (SSSR count). The summed E-state index contributed by atoms with van der Waals surface area (Å²) in [4.78, 5) is 8.57. The summed E-state index contributed by atoms with van der Waals surface area (Å²) < 4.78 is 37.7. The molecule has 0 atom stereocenters. The molecule has 21 heavy (non-hydrogen) atoms. The Morgan fingerprint density at radius 3 is 2.00 bits per heavy atom. The van der Waals surface area contributed by atoms with E-state index in [1.807, 2.05) is 20.8 Å². The number of nitrogens with zero attached hydrogens (tertiary/aromatic N) is 2. The zero-order valence-corrected chi connectivity index (χ0v) is 12.0. The van der Waals surface area contributed by atoms with Gasteiger partial charge in [-0.05, 0) is 12.1 Å². The predicted octanol–water partition coefficient (Wildman–Crippen LogP) is 4.04. The summed E-state index contributed by atoms with van der Waals surface area (Å²) in [5.41, 5.74) is 5.86. The zero-order chi connectivity index (χ0) is 15.8. The quantitative estimate of drug-likeness (QED) is 0.863. The van der Waals surface area contributed by atoms with E-state index in [-0.39, 0.29) is 5.41 Å². The van der Waals surface area contributed by atoms with Gasteiger partial charge in [-0.25, -0.2) is 9.97 Å². The van der Waals surface area contributed by atoms with Gasteiger partial charge in [0.2, 0.25) is 0 Å². The van der Waals surface area contributed by atoms with Crippen molar-refractivity contribution in [2.24, 2.45) is 0 Å². The van der Waals surface area contributed by atoms with Gasteiger partial charge in [-0.15, -0.1) is 0 Å². The third-order valence-electron chi connectivity index (χ3n) is 2.92. The molecule has 112 valence electrons. The Kier molecular flexibility index (Phi) is 3.65. The summed E-state index contributed by atoms with van der Waals surface area (Å²) in [6.45, 7) is 5.83. The van der Waals surface area contributed by atoms with Crippen molar-refractivity contribution in [1.29, 1.82) is 0 Å². The molecule has 0 fully saturated rings. The maximum Gasteiger partial charge on any atom is 0.416 e. The molecule has 3 nitrogen and oxygen atoms in total. The summed E-state index contributed by atoms with van der Waals surface area (Å²) in [5, 5.41) is 0. The highest BCUT2D eigenvalue weighted by atomic mass is 19.4. The van der Waals surface area contributed by atoms with Gasteiger partial charge < -0.3 is 5.73 Å². The average molecular weight is 295 g/mol. The molecule has 1 aromatic carbocycles. The first-order valence-electron chi connectivity index (χ1n) is 6.40. The summed E-state index contributed by atoms with van der Waals surface area (Å²) >= 11 is 0. The minimum Gasteiger partial charge on any atom is -0.384 e. The number of halogens is 3. The highest BCUT2D eigenvalue weighted by Gasteiger charge is 2.30. The van der Waals surface area contributed by atoms with Crippen LogP contribution in [-0.4, -0.2) is 9.97 Å². The second-order valence-corrected chi connectivity index (χ2v) is 5.83. The lowest BCUT2D eigenvalue weighted by molar-refractivity contribution is -0.137. The highest BCUT2D eigenvalue weighted by molar-refractivity contribution is 5.62. The fraction of sp³-hybridized carbons (Fsp3) is 0.333. The van der Waals surface area contributed by atoms with E-state index in [9.17, 15) is 13.2 Å². The summed E-state index contributed by atoms with van der Waals surface area (Å²) in [5.74, 6) is 0.849. The van der Waals surface area contributed by atoms with Gasteiger partial charge in [0.05, 0.1) is 11.3 Å². The van der Waals surface area contributed by atoms with Crippen LogP contribution >= 0.6 is 0 Å². The lowest BCUT2D eigenvalue weighted by Crippen LogP contribution is -2.17. The molecule has 0 unspecified atom stereocenters. The van der Waals surface area contributed by atoms with Crippen LogP contribution in [0.4, 0.5) is 19.0 Å². The van der Waals surface area contributed by atoms with Crippen molar-refractivity contribution in [2.45, 2.75) is 32.4 Å². The van der Waals surface area contributed by atoms with Crippen LogP contribution in [0.1, 0.15) is 32.2 Å². The Morgan fingerprint density at radius 2 is 1.52 bits per heavy atom. The van der Waals surface area contributed by atoms with Crippen LogP contribution in [0.3, 0.4) is 0 Å². The Balaban J connectivity index is 2.45. The maximum atomic E-state index is 12.6. The minimum absolute atomic E-state index is 0.296.